The molecule has 160 valence electrons. The highest BCUT2D eigenvalue weighted by Crippen LogP contribution is 2.44. The van der Waals surface area contributed by atoms with Gasteiger partial charge in [0.2, 0.25) is 0 Å². The molecule has 1 aromatic heterocycles. The van der Waals surface area contributed by atoms with Gasteiger partial charge in [0.15, 0.2) is 5.43 Å². The van der Waals surface area contributed by atoms with E-state index in [1.165, 1.54) is 24.3 Å². The molecule has 0 radical (unpaired) electrons. The van der Waals surface area contributed by atoms with E-state index < -0.39 is 17.0 Å². The van der Waals surface area contributed by atoms with Crippen LogP contribution in [0.3, 0.4) is 0 Å². The van der Waals surface area contributed by atoms with Gasteiger partial charge in [0, 0.05) is 39.7 Å². The Bertz CT molecular complexity index is 1160. The molecule has 0 aliphatic carbocycles. The highest BCUT2D eigenvalue weighted by atomic mass is 79.9. The minimum atomic E-state index is -0.511. The number of halogens is 2. The van der Waals surface area contributed by atoms with Crippen LogP contribution in [0.4, 0.5) is 4.39 Å². The summed E-state index contributed by atoms with van der Waals surface area (Å²) in [6.07, 6.45) is 0.632. The van der Waals surface area contributed by atoms with Gasteiger partial charge in [-0.25, -0.2) is 4.39 Å². The van der Waals surface area contributed by atoms with Crippen molar-refractivity contribution in [3.8, 4) is 22.8 Å². The molecule has 2 heterocycles. The van der Waals surface area contributed by atoms with E-state index in [-0.39, 0.29) is 48.5 Å². The molecule has 2 atom stereocenters. The quantitative estimate of drug-likeness (QED) is 0.521. The normalized spacial score (nSPS) is 19.2. The maximum Gasteiger partial charge on any atom is 0.197 e. The first-order valence-electron chi connectivity index (χ1n) is 9.11. The summed E-state index contributed by atoms with van der Waals surface area (Å²) >= 11 is 3.33. The molecule has 0 unspecified atom stereocenters. The summed E-state index contributed by atoms with van der Waals surface area (Å²) in [7, 11) is 1.87. The van der Waals surface area contributed by atoms with Crippen molar-refractivity contribution in [1.29, 1.82) is 0 Å². The lowest BCUT2D eigenvalue weighted by molar-refractivity contribution is 0.172. The molecule has 0 spiro atoms. The molecule has 30 heavy (non-hydrogen) atoms. The lowest BCUT2D eigenvalue weighted by atomic mass is 9.89. The van der Waals surface area contributed by atoms with Crippen molar-refractivity contribution in [2.75, 3.05) is 20.2 Å². The summed E-state index contributed by atoms with van der Waals surface area (Å²) in [5.41, 5.74) is 0.218. The topological polar surface area (TPSA) is 94.1 Å². The molecule has 0 bridgehead atoms. The summed E-state index contributed by atoms with van der Waals surface area (Å²) in [6, 6.07) is 6.05. The number of phenols is 2. The van der Waals surface area contributed by atoms with Crippen LogP contribution in [-0.2, 0) is 0 Å². The maximum atomic E-state index is 13.8. The molecule has 1 aliphatic heterocycles. The Morgan fingerprint density at radius 1 is 1.23 bits per heavy atom. The number of aliphatic hydroxyl groups excluding tert-OH is 1. The minimum Gasteiger partial charge on any atom is -0.507 e. The fourth-order valence-corrected chi connectivity index (χ4v) is 4.55. The first kappa shape index (κ1) is 22.3. The Morgan fingerprint density at radius 2 is 1.97 bits per heavy atom. The standard InChI is InChI=1S/C21H19BrFNO5.CH4/c1-24-5-4-11(14(24)9-25)19-15(26)7-16(27)20-17(28)8-18(29-21(19)20)12-6-10(23)2-3-13(12)22;/h2-3,6-8,11,14,25-27H,4-5,9H2,1H3;1H4/t11-,14+;/m1./s1. The second-order valence-electron chi connectivity index (χ2n) is 7.26. The fourth-order valence-electron chi connectivity index (χ4n) is 4.11. The van der Waals surface area contributed by atoms with E-state index in [0.717, 1.165) is 6.07 Å². The van der Waals surface area contributed by atoms with Gasteiger partial charge in [-0.3, -0.25) is 4.79 Å². The van der Waals surface area contributed by atoms with Crippen LogP contribution in [0.5, 0.6) is 11.5 Å². The predicted molar refractivity (Wildman–Crippen MR) is 117 cm³/mol. The van der Waals surface area contributed by atoms with E-state index >= 15 is 0 Å². The van der Waals surface area contributed by atoms with Crippen molar-refractivity contribution in [1.82, 2.24) is 4.90 Å². The van der Waals surface area contributed by atoms with Gasteiger partial charge < -0.3 is 24.6 Å². The molecular weight excluding hydrogens is 457 g/mol. The minimum absolute atomic E-state index is 0. The van der Waals surface area contributed by atoms with Gasteiger partial charge in [-0.05, 0) is 38.2 Å². The molecule has 6 nitrogen and oxygen atoms in total. The molecule has 0 amide bonds. The van der Waals surface area contributed by atoms with Crippen molar-refractivity contribution >= 4 is 26.9 Å². The van der Waals surface area contributed by atoms with Crippen molar-refractivity contribution in [2.45, 2.75) is 25.8 Å². The number of aromatic hydroxyl groups is 2. The zero-order chi connectivity index (χ0) is 20.9. The van der Waals surface area contributed by atoms with Crippen LogP contribution in [-0.4, -0.2) is 46.5 Å². The van der Waals surface area contributed by atoms with Gasteiger partial charge in [-0.15, -0.1) is 0 Å². The van der Waals surface area contributed by atoms with Crippen molar-refractivity contribution in [3.05, 3.63) is 56.4 Å². The molecule has 2 aromatic carbocycles. The van der Waals surface area contributed by atoms with Crippen LogP contribution >= 0.6 is 15.9 Å². The number of likely N-dealkylation sites (tertiary alicyclic amines) is 1. The van der Waals surface area contributed by atoms with E-state index in [1.807, 2.05) is 11.9 Å². The van der Waals surface area contributed by atoms with Gasteiger partial charge in [0.05, 0.1) is 6.61 Å². The van der Waals surface area contributed by atoms with Crippen LogP contribution in [0.15, 0.2) is 44.0 Å². The third-order valence-electron chi connectivity index (χ3n) is 5.57. The third-order valence-corrected chi connectivity index (χ3v) is 6.26. The van der Waals surface area contributed by atoms with Gasteiger partial charge >= 0.3 is 0 Å². The number of hydrogen-bond acceptors (Lipinski definition) is 6. The number of fused-ring (bicyclic) bond motifs is 1. The molecule has 1 fully saturated rings. The number of likely N-dealkylation sites (N-methyl/N-ethyl adjacent to an activating group) is 1. The van der Waals surface area contributed by atoms with Gasteiger partial charge in [-0.1, -0.05) is 23.4 Å². The fraction of sp³-hybridized carbons (Fsp3) is 0.318. The van der Waals surface area contributed by atoms with E-state index in [9.17, 15) is 24.5 Å². The van der Waals surface area contributed by atoms with Crippen molar-refractivity contribution < 1.29 is 24.1 Å². The highest BCUT2D eigenvalue weighted by molar-refractivity contribution is 9.10. The zero-order valence-corrected chi connectivity index (χ0v) is 17.1. The van der Waals surface area contributed by atoms with Gasteiger partial charge in [0.1, 0.15) is 34.0 Å². The Balaban J connectivity index is 0.00000256. The first-order chi connectivity index (χ1) is 13.8. The van der Waals surface area contributed by atoms with E-state index in [2.05, 4.69) is 15.9 Å². The Labute approximate surface area is 181 Å². The number of hydrogen-bond donors (Lipinski definition) is 3. The molecule has 3 aromatic rings. The molecule has 8 heteroatoms. The largest absolute Gasteiger partial charge is 0.507 e. The SMILES string of the molecule is C.CN1CC[C@@H](c2c(O)cc(O)c3c(=O)cc(-c4cc(F)ccc4Br)oc23)[C@@H]1CO. The zero-order valence-electron chi connectivity index (χ0n) is 15.5. The molecule has 1 aliphatic rings. The molecular formula is C22H23BrFNO5. The Hall–Kier alpha value is -2.42. The summed E-state index contributed by atoms with van der Waals surface area (Å²) in [5, 5.41) is 30.7. The average Bonchev–Trinajstić information content (AvgIpc) is 3.03. The number of phenolic OH excluding ortho intramolecular Hbond substituents is 2. The Kier molecular flexibility index (Phi) is 6.21. The van der Waals surface area contributed by atoms with Crippen LogP contribution in [0.2, 0.25) is 0 Å². The predicted octanol–water partition coefficient (Wildman–Crippen LogP) is 4.19. The van der Waals surface area contributed by atoms with E-state index in [0.29, 0.717) is 28.6 Å². The number of nitrogens with zero attached hydrogens (tertiary/aromatic N) is 1. The molecule has 0 saturated carbocycles. The monoisotopic (exact) mass is 479 g/mol. The van der Waals surface area contributed by atoms with Crippen LogP contribution < -0.4 is 5.43 Å². The number of aliphatic hydroxyl groups is 1. The third kappa shape index (κ3) is 3.59. The second kappa shape index (κ2) is 8.37. The van der Waals surface area contributed by atoms with E-state index in [4.69, 9.17) is 4.42 Å². The van der Waals surface area contributed by atoms with Crippen LogP contribution in [0.1, 0.15) is 25.3 Å². The maximum absolute atomic E-state index is 13.8. The molecule has 1 saturated heterocycles. The summed E-state index contributed by atoms with van der Waals surface area (Å²) in [5.74, 6) is -1.31. The molecule has 3 N–H and O–H groups in total. The summed E-state index contributed by atoms with van der Waals surface area (Å²) in [4.78, 5) is 14.8. The first-order valence-corrected chi connectivity index (χ1v) is 9.90. The van der Waals surface area contributed by atoms with Gasteiger partial charge in [0.25, 0.3) is 0 Å². The Morgan fingerprint density at radius 3 is 2.67 bits per heavy atom. The second-order valence-corrected chi connectivity index (χ2v) is 8.11. The number of benzene rings is 2. The summed E-state index contributed by atoms with van der Waals surface area (Å²) < 4.78 is 20.3. The average molecular weight is 480 g/mol. The number of rotatable bonds is 3. The van der Waals surface area contributed by atoms with Crippen molar-refractivity contribution in [3.63, 3.8) is 0 Å². The van der Waals surface area contributed by atoms with Crippen LogP contribution in [0.25, 0.3) is 22.3 Å². The van der Waals surface area contributed by atoms with Gasteiger partial charge in [-0.2, -0.15) is 0 Å². The smallest absolute Gasteiger partial charge is 0.197 e. The highest BCUT2D eigenvalue weighted by Gasteiger charge is 2.36. The van der Waals surface area contributed by atoms with Crippen LogP contribution in [0, 0.1) is 5.82 Å². The van der Waals surface area contributed by atoms with Crippen molar-refractivity contribution in [2.24, 2.45) is 0 Å². The lowest BCUT2D eigenvalue weighted by Crippen LogP contribution is -2.32. The summed E-state index contributed by atoms with van der Waals surface area (Å²) in [6.45, 7) is 0.555. The molecule has 4 rings (SSSR count). The lowest BCUT2D eigenvalue weighted by Gasteiger charge is -2.24. The van der Waals surface area contributed by atoms with E-state index in [1.54, 1.807) is 0 Å².